The van der Waals surface area contributed by atoms with Gasteiger partial charge in [-0.1, -0.05) is 0 Å². The van der Waals surface area contributed by atoms with Gasteiger partial charge in [0.1, 0.15) is 6.04 Å². The second-order valence-electron chi connectivity index (χ2n) is 6.25. The fraction of sp³-hybridized carbons (Fsp3) is 0.625. The highest BCUT2D eigenvalue weighted by Crippen LogP contribution is 2.38. The number of rotatable bonds is 4. The van der Waals surface area contributed by atoms with Crippen LogP contribution in [0.4, 0.5) is 0 Å². The fourth-order valence-electron chi connectivity index (χ4n) is 3.67. The molecule has 1 aromatic heterocycles. The van der Waals surface area contributed by atoms with Crippen LogP contribution in [-0.4, -0.2) is 45.4 Å². The molecule has 2 fully saturated rings. The summed E-state index contributed by atoms with van der Waals surface area (Å²) in [5.41, 5.74) is 5.30. The van der Waals surface area contributed by atoms with E-state index in [4.69, 9.17) is 5.73 Å². The first-order chi connectivity index (χ1) is 10.6. The van der Waals surface area contributed by atoms with Crippen LogP contribution in [0, 0.1) is 0 Å². The summed E-state index contributed by atoms with van der Waals surface area (Å²) in [6, 6.07) is 3.61. The van der Waals surface area contributed by atoms with E-state index in [1.165, 1.54) is 0 Å². The van der Waals surface area contributed by atoms with Gasteiger partial charge in [-0.15, -0.1) is 0 Å². The molecule has 22 heavy (non-hydrogen) atoms. The monoisotopic (exact) mass is 321 g/mol. The summed E-state index contributed by atoms with van der Waals surface area (Å²) in [6.45, 7) is 0.656. The molecular weight excluding hydrogens is 298 g/mol. The van der Waals surface area contributed by atoms with Gasteiger partial charge in [0.25, 0.3) is 0 Å². The predicted molar refractivity (Wildman–Crippen MR) is 87.5 cm³/mol. The molecule has 0 unspecified atom stereocenters. The predicted octanol–water partition coefficient (Wildman–Crippen LogP) is 1.58. The van der Waals surface area contributed by atoms with E-state index in [1.807, 2.05) is 23.9 Å². The standard InChI is InChI=1S/C16H23N3O2S/c17-15(21)13-4-3-9-19(13)14(20)12-16(5-10-22-11-6-16)18-7-1-2-8-18/h1-2,7-8,13H,3-6,9-12H2,(H2,17,21)/t13-/m1/s1. The molecule has 2 aliphatic rings. The number of nitrogens with zero attached hydrogens (tertiary/aromatic N) is 2. The number of aromatic nitrogens is 1. The summed E-state index contributed by atoms with van der Waals surface area (Å²) < 4.78 is 2.19. The largest absolute Gasteiger partial charge is 0.368 e. The molecule has 3 heterocycles. The third-order valence-corrected chi connectivity index (χ3v) is 5.94. The van der Waals surface area contributed by atoms with E-state index in [1.54, 1.807) is 4.90 Å². The lowest BCUT2D eigenvalue weighted by molar-refractivity contribution is -0.139. The maximum Gasteiger partial charge on any atom is 0.240 e. The molecule has 0 bridgehead atoms. The number of hydrogen-bond acceptors (Lipinski definition) is 3. The van der Waals surface area contributed by atoms with Crippen LogP contribution in [0.5, 0.6) is 0 Å². The van der Waals surface area contributed by atoms with Crippen LogP contribution >= 0.6 is 11.8 Å². The van der Waals surface area contributed by atoms with Gasteiger partial charge in [-0.2, -0.15) is 11.8 Å². The van der Waals surface area contributed by atoms with Crippen molar-refractivity contribution in [3.8, 4) is 0 Å². The van der Waals surface area contributed by atoms with Crippen LogP contribution in [0.2, 0.25) is 0 Å². The lowest BCUT2D eigenvalue weighted by Gasteiger charge is -2.39. The molecule has 2 N–H and O–H groups in total. The van der Waals surface area contributed by atoms with Gasteiger partial charge in [0, 0.05) is 18.9 Å². The van der Waals surface area contributed by atoms with Crippen LogP contribution in [0.3, 0.4) is 0 Å². The minimum absolute atomic E-state index is 0.0712. The highest BCUT2D eigenvalue weighted by Gasteiger charge is 2.40. The Labute approximate surface area is 135 Å². The molecule has 2 amide bonds. The maximum atomic E-state index is 12.8. The summed E-state index contributed by atoms with van der Waals surface area (Å²) in [6.07, 6.45) is 8.13. The van der Waals surface area contributed by atoms with Crippen molar-refractivity contribution < 1.29 is 9.59 Å². The molecular formula is C16H23N3O2S. The lowest BCUT2D eigenvalue weighted by atomic mass is 9.87. The number of thioether (sulfide) groups is 1. The van der Waals surface area contributed by atoms with Gasteiger partial charge in [0.05, 0.1) is 12.0 Å². The molecule has 0 saturated carbocycles. The maximum absolute atomic E-state index is 12.8. The minimum atomic E-state index is -0.410. The topological polar surface area (TPSA) is 68.3 Å². The number of nitrogens with two attached hydrogens (primary N) is 1. The van der Waals surface area contributed by atoms with Crippen LogP contribution in [0.15, 0.2) is 24.5 Å². The van der Waals surface area contributed by atoms with Crippen molar-refractivity contribution in [1.29, 1.82) is 0 Å². The molecule has 120 valence electrons. The van der Waals surface area contributed by atoms with E-state index in [2.05, 4.69) is 17.0 Å². The summed E-state index contributed by atoms with van der Waals surface area (Å²) in [7, 11) is 0. The highest BCUT2D eigenvalue weighted by atomic mass is 32.2. The van der Waals surface area contributed by atoms with Gasteiger partial charge in [-0.25, -0.2) is 0 Å². The summed E-state index contributed by atoms with van der Waals surface area (Å²) in [4.78, 5) is 26.1. The molecule has 1 aromatic rings. The quantitative estimate of drug-likeness (QED) is 0.915. The third kappa shape index (κ3) is 2.89. The Kier molecular flexibility index (Phi) is 4.47. The average molecular weight is 321 g/mol. The highest BCUT2D eigenvalue weighted by molar-refractivity contribution is 7.99. The van der Waals surface area contributed by atoms with Crippen LogP contribution in [0.25, 0.3) is 0 Å². The Morgan fingerprint density at radius 2 is 1.91 bits per heavy atom. The number of amides is 2. The molecule has 2 aliphatic heterocycles. The van der Waals surface area contributed by atoms with Crippen molar-refractivity contribution in [3.63, 3.8) is 0 Å². The zero-order chi connectivity index (χ0) is 15.6. The zero-order valence-corrected chi connectivity index (χ0v) is 13.6. The van der Waals surface area contributed by atoms with Gasteiger partial charge in [0.15, 0.2) is 0 Å². The Balaban J connectivity index is 1.79. The fourth-order valence-corrected chi connectivity index (χ4v) is 4.93. The molecule has 0 radical (unpaired) electrons. The number of primary amides is 1. The van der Waals surface area contributed by atoms with Crippen LogP contribution in [0.1, 0.15) is 32.1 Å². The second kappa shape index (κ2) is 6.36. The van der Waals surface area contributed by atoms with Gasteiger partial charge in [-0.05, 0) is 49.3 Å². The van der Waals surface area contributed by atoms with E-state index in [9.17, 15) is 9.59 Å². The van der Waals surface area contributed by atoms with E-state index in [0.717, 1.165) is 30.8 Å². The van der Waals surface area contributed by atoms with Crippen molar-refractivity contribution in [2.45, 2.75) is 43.7 Å². The molecule has 0 spiro atoms. The second-order valence-corrected chi connectivity index (χ2v) is 7.48. The number of carbonyl (C=O) groups excluding carboxylic acids is 2. The smallest absolute Gasteiger partial charge is 0.240 e. The summed E-state index contributed by atoms with van der Waals surface area (Å²) in [5, 5.41) is 0. The number of hydrogen-bond donors (Lipinski definition) is 1. The van der Waals surface area contributed by atoms with Gasteiger partial charge < -0.3 is 15.2 Å². The van der Waals surface area contributed by atoms with E-state index in [0.29, 0.717) is 19.4 Å². The first kappa shape index (κ1) is 15.5. The molecule has 3 rings (SSSR count). The van der Waals surface area contributed by atoms with Gasteiger partial charge >= 0.3 is 0 Å². The number of carbonyl (C=O) groups is 2. The SMILES string of the molecule is NC(=O)[C@H]1CCCN1C(=O)CC1(n2cccc2)CCSCC1. The normalized spacial score (nSPS) is 24.4. The Morgan fingerprint density at radius 1 is 1.23 bits per heavy atom. The molecule has 1 atom stereocenters. The summed E-state index contributed by atoms with van der Waals surface area (Å²) in [5.74, 6) is 1.84. The van der Waals surface area contributed by atoms with Crippen molar-refractivity contribution >= 4 is 23.6 Å². The van der Waals surface area contributed by atoms with Gasteiger partial charge in [-0.3, -0.25) is 9.59 Å². The molecule has 6 heteroatoms. The average Bonchev–Trinajstić information content (AvgIpc) is 3.20. The van der Waals surface area contributed by atoms with Crippen LogP contribution < -0.4 is 5.73 Å². The Bertz CT molecular complexity index is 538. The van der Waals surface area contributed by atoms with Crippen LogP contribution in [-0.2, 0) is 15.1 Å². The summed E-state index contributed by atoms with van der Waals surface area (Å²) >= 11 is 1.95. The minimum Gasteiger partial charge on any atom is -0.368 e. The van der Waals surface area contributed by atoms with E-state index in [-0.39, 0.29) is 17.4 Å². The van der Waals surface area contributed by atoms with Crippen molar-refractivity contribution in [2.75, 3.05) is 18.1 Å². The molecule has 0 aliphatic carbocycles. The first-order valence-electron chi connectivity index (χ1n) is 7.92. The molecule has 5 nitrogen and oxygen atoms in total. The molecule has 0 aromatic carbocycles. The van der Waals surface area contributed by atoms with Crippen molar-refractivity contribution in [2.24, 2.45) is 5.73 Å². The Hall–Kier alpha value is -1.43. The van der Waals surface area contributed by atoms with Crippen molar-refractivity contribution in [3.05, 3.63) is 24.5 Å². The van der Waals surface area contributed by atoms with E-state index < -0.39 is 6.04 Å². The third-order valence-electron chi connectivity index (χ3n) is 4.96. The Morgan fingerprint density at radius 3 is 2.55 bits per heavy atom. The number of likely N-dealkylation sites (tertiary alicyclic amines) is 1. The first-order valence-corrected chi connectivity index (χ1v) is 9.08. The van der Waals surface area contributed by atoms with Crippen molar-refractivity contribution in [1.82, 2.24) is 9.47 Å². The zero-order valence-electron chi connectivity index (χ0n) is 12.7. The van der Waals surface area contributed by atoms with Gasteiger partial charge in [0.2, 0.25) is 11.8 Å². The lowest BCUT2D eigenvalue weighted by Crippen LogP contribution is -2.48. The van der Waals surface area contributed by atoms with E-state index >= 15 is 0 Å². The molecule has 2 saturated heterocycles.